The smallest absolute Gasteiger partial charge is 0.260 e. The van der Waals surface area contributed by atoms with E-state index in [0.717, 1.165) is 24.0 Å². The molecule has 2 unspecified atom stereocenters. The van der Waals surface area contributed by atoms with E-state index >= 15 is 0 Å². The van der Waals surface area contributed by atoms with Gasteiger partial charge < -0.3 is 15.2 Å². The topological polar surface area (TPSA) is 58.6 Å². The number of aryl methyl sites for hydroxylation is 1. The minimum atomic E-state index is -0.620. The van der Waals surface area contributed by atoms with Crippen molar-refractivity contribution >= 4 is 5.91 Å². The van der Waals surface area contributed by atoms with E-state index in [9.17, 15) is 9.90 Å². The summed E-state index contributed by atoms with van der Waals surface area (Å²) in [5, 5.41) is 12.9. The summed E-state index contributed by atoms with van der Waals surface area (Å²) in [7, 11) is 0. The number of hydrogen-bond acceptors (Lipinski definition) is 3. The number of aliphatic hydroxyl groups excluding tert-OH is 1. The fourth-order valence-corrected chi connectivity index (χ4v) is 2.73. The van der Waals surface area contributed by atoms with Crippen LogP contribution in [0.1, 0.15) is 56.8 Å². The first-order valence-corrected chi connectivity index (χ1v) is 7.73. The van der Waals surface area contributed by atoms with E-state index in [0.29, 0.717) is 5.75 Å². The van der Waals surface area contributed by atoms with Crippen LogP contribution in [-0.4, -0.2) is 23.2 Å². The van der Waals surface area contributed by atoms with Crippen molar-refractivity contribution in [1.82, 2.24) is 5.32 Å². The minimum Gasteiger partial charge on any atom is -0.481 e. The van der Waals surface area contributed by atoms with Gasteiger partial charge in [0.1, 0.15) is 5.75 Å². The molecule has 1 saturated carbocycles. The summed E-state index contributed by atoms with van der Waals surface area (Å²) in [6.07, 6.45) is 3.30. The molecule has 1 amide bonds. The lowest BCUT2D eigenvalue weighted by molar-refractivity contribution is -0.128. The van der Waals surface area contributed by atoms with Crippen LogP contribution < -0.4 is 10.1 Å². The molecule has 1 fully saturated rings. The van der Waals surface area contributed by atoms with Gasteiger partial charge in [-0.2, -0.15) is 0 Å². The Morgan fingerprint density at radius 1 is 1.33 bits per heavy atom. The SMILES string of the molecule is Cc1ccc(OC(C)C(=O)NC2CCCC2)c(C(C)O)c1. The number of aliphatic hydroxyl groups is 1. The number of benzene rings is 1. The predicted octanol–water partition coefficient (Wildman–Crippen LogP) is 2.87. The van der Waals surface area contributed by atoms with Crippen molar-refractivity contribution in [2.24, 2.45) is 0 Å². The number of nitrogens with one attached hydrogen (secondary N) is 1. The second kappa shape index (κ2) is 6.94. The zero-order chi connectivity index (χ0) is 15.4. The summed E-state index contributed by atoms with van der Waals surface area (Å²) in [6, 6.07) is 5.92. The van der Waals surface area contributed by atoms with Gasteiger partial charge in [-0.1, -0.05) is 24.5 Å². The number of rotatable bonds is 5. The highest BCUT2D eigenvalue weighted by atomic mass is 16.5. The average molecular weight is 291 g/mol. The van der Waals surface area contributed by atoms with Crippen LogP contribution >= 0.6 is 0 Å². The number of ether oxygens (including phenoxy) is 1. The third kappa shape index (κ3) is 4.21. The zero-order valence-corrected chi connectivity index (χ0v) is 13.1. The summed E-state index contributed by atoms with van der Waals surface area (Å²) in [4.78, 5) is 12.2. The van der Waals surface area contributed by atoms with Crippen molar-refractivity contribution in [2.75, 3.05) is 0 Å². The molecule has 2 N–H and O–H groups in total. The summed E-state index contributed by atoms with van der Waals surface area (Å²) in [5.74, 6) is 0.490. The molecule has 21 heavy (non-hydrogen) atoms. The van der Waals surface area contributed by atoms with Crippen molar-refractivity contribution in [2.45, 2.75) is 64.7 Å². The van der Waals surface area contributed by atoms with Crippen LogP contribution in [0.2, 0.25) is 0 Å². The lowest BCUT2D eigenvalue weighted by Crippen LogP contribution is -2.41. The Morgan fingerprint density at radius 2 is 2.00 bits per heavy atom. The fourth-order valence-electron chi connectivity index (χ4n) is 2.73. The number of amides is 1. The van der Waals surface area contributed by atoms with Gasteiger partial charge in [-0.15, -0.1) is 0 Å². The fraction of sp³-hybridized carbons (Fsp3) is 0.588. The molecule has 1 aromatic carbocycles. The van der Waals surface area contributed by atoms with Crippen LogP contribution in [0.15, 0.2) is 18.2 Å². The first-order chi connectivity index (χ1) is 9.97. The van der Waals surface area contributed by atoms with Gasteiger partial charge in [0.05, 0.1) is 6.10 Å². The molecule has 0 aromatic heterocycles. The second-order valence-electron chi connectivity index (χ2n) is 5.97. The van der Waals surface area contributed by atoms with Gasteiger partial charge in [-0.05, 0) is 45.7 Å². The summed E-state index contributed by atoms with van der Waals surface area (Å²) in [5.41, 5.74) is 1.77. The maximum Gasteiger partial charge on any atom is 0.260 e. The Bertz CT molecular complexity index is 493. The molecule has 1 aliphatic carbocycles. The van der Waals surface area contributed by atoms with Gasteiger partial charge in [0.2, 0.25) is 0 Å². The van der Waals surface area contributed by atoms with Crippen LogP contribution in [0.25, 0.3) is 0 Å². The molecule has 1 aromatic rings. The molecule has 4 heteroatoms. The van der Waals surface area contributed by atoms with Gasteiger partial charge in [0, 0.05) is 11.6 Å². The first-order valence-electron chi connectivity index (χ1n) is 7.73. The molecule has 0 spiro atoms. The van der Waals surface area contributed by atoms with E-state index in [1.165, 1.54) is 12.8 Å². The van der Waals surface area contributed by atoms with Crippen molar-refractivity contribution in [3.8, 4) is 5.75 Å². The quantitative estimate of drug-likeness (QED) is 0.877. The Kier molecular flexibility index (Phi) is 5.23. The normalized spacial score (nSPS) is 18.3. The van der Waals surface area contributed by atoms with E-state index in [1.54, 1.807) is 13.8 Å². The van der Waals surface area contributed by atoms with E-state index < -0.39 is 12.2 Å². The molecular formula is C17H25NO3. The average Bonchev–Trinajstić information content (AvgIpc) is 2.93. The van der Waals surface area contributed by atoms with E-state index in [2.05, 4.69) is 5.32 Å². The van der Waals surface area contributed by atoms with E-state index in [-0.39, 0.29) is 11.9 Å². The molecule has 0 saturated heterocycles. The Labute approximate surface area is 126 Å². The van der Waals surface area contributed by atoms with Crippen LogP contribution in [0.3, 0.4) is 0 Å². The molecule has 116 valence electrons. The Morgan fingerprint density at radius 3 is 2.62 bits per heavy atom. The molecular weight excluding hydrogens is 266 g/mol. The predicted molar refractivity (Wildman–Crippen MR) is 82.3 cm³/mol. The van der Waals surface area contributed by atoms with Crippen LogP contribution in [0.4, 0.5) is 0 Å². The van der Waals surface area contributed by atoms with E-state index in [4.69, 9.17) is 4.74 Å². The molecule has 0 bridgehead atoms. The monoisotopic (exact) mass is 291 g/mol. The van der Waals surface area contributed by atoms with Crippen molar-refractivity contribution < 1.29 is 14.6 Å². The highest BCUT2D eigenvalue weighted by Gasteiger charge is 2.22. The maximum atomic E-state index is 12.2. The summed E-state index contributed by atoms with van der Waals surface area (Å²) in [6.45, 7) is 5.41. The highest BCUT2D eigenvalue weighted by Crippen LogP contribution is 2.27. The molecule has 0 aliphatic heterocycles. The Balaban J connectivity index is 2.01. The molecule has 2 atom stereocenters. The largest absolute Gasteiger partial charge is 0.481 e. The lowest BCUT2D eigenvalue weighted by Gasteiger charge is -2.20. The van der Waals surface area contributed by atoms with Crippen LogP contribution in [0, 0.1) is 6.92 Å². The Hall–Kier alpha value is -1.55. The number of carbonyl (C=O) groups excluding carboxylic acids is 1. The van der Waals surface area contributed by atoms with Gasteiger partial charge >= 0.3 is 0 Å². The van der Waals surface area contributed by atoms with Gasteiger partial charge in [-0.25, -0.2) is 0 Å². The summed E-state index contributed by atoms with van der Waals surface area (Å²) >= 11 is 0. The number of hydrogen-bond donors (Lipinski definition) is 2. The highest BCUT2D eigenvalue weighted by molar-refractivity contribution is 5.81. The molecule has 0 radical (unpaired) electrons. The van der Waals surface area contributed by atoms with Crippen molar-refractivity contribution in [1.29, 1.82) is 0 Å². The zero-order valence-electron chi connectivity index (χ0n) is 13.1. The van der Waals surface area contributed by atoms with Gasteiger partial charge in [-0.3, -0.25) is 4.79 Å². The van der Waals surface area contributed by atoms with Gasteiger partial charge in [0.25, 0.3) is 5.91 Å². The summed E-state index contributed by atoms with van der Waals surface area (Å²) < 4.78 is 5.76. The minimum absolute atomic E-state index is 0.0842. The molecule has 1 aliphatic rings. The van der Waals surface area contributed by atoms with Crippen molar-refractivity contribution in [3.63, 3.8) is 0 Å². The molecule has 0 heterocycles. The molecule has 2 rings (SSSR count). The maximum absolute atomic E-state index is 12.2. The van der Waals surface area contributed by atoms with Crippen LogP contribution in [-0.2, 0) is 4.79 Å². The molecule has 4 nitrogen and oxygen atoms in total. The third-order valence-corrected chi connectivity index (χ3v) is 3.99. The number of carbonyl (C=O) groups is 1. The third-order valence-electron chi connectivity index (χ3n) is 3.99. The standard InChI is InChI=1S/C17H25NO3/c1-11-8-9-16(15(10-11)12(2)19)21-13(3)17(20)18-14-6-4-5-7-14/h8-10,12-14,19H,4-7H2,1-3H3,(H,18,20). The second-order valence-corrected chi connectivity index (χ2v) is 5.97. The van der Waals surface area contributed by atoms with Crippen molar-refractivity contribution in [3.05, 3.63) is 29.3 Å². The van der Waals surface area contributed by atoms with E-state index in [1.807, 2.05) is 25.1 Å². The van der Waals surface area contributed by atoms with Crippen LogP contribution in [0.5, 0.6) is 5.75 Å². The van der Waals surface area contributed by atoms with Gasteiger partial charge in [0.15, 0.2) is 6.10 Å². The lowest BCUT2D eigenvalue weighted by atomic mass is 10.1. The first kappa shape index (κ1) is 15.8.